The summed E-state index contributed by atoms with van der Waals surface area (Å²) in [6.45, 7) is 1.88. The summed E-state index contributed by atoms with van der Waals surface area (Å²) < 4.78 is 4.08. The number of halogens is 1. The molecule has 1 aromatic heterocycles. The van der Waals surface area contributed by atoms with Crippen LogP contribution in [0.1, 0.15) is 16.1 Å². The Kier molecular flexibility index (Phi) is 3.22. The lowest BCUT2D eigenvalue weighted by Crippen LogP contribution is -2.10. The minimum atomic E-state index is -0.152. The molecule has 16 heavy (non-hydrogen) atoms. The zero-order chi connectivity index (χ0) is 11.5. The lowest BCUT2D eigenvalue weighted by atomic mass is 10.2. The van der Waals surface area contributed by atoms with Crippen molar-refractivity contribution < 1.29 is 4.79 Å². The van der Waals surface area contributed by atoms with Gasteiger partial charge >= 0.3 is 0 Å². The summed E-state index contributed by atoms with van der Waals surface area (Å²) >= 11 is 7.01. The van der Waals surface area contributed by atoms with Crippen LogP contribution in [-0.2, 0) is 0 Å². The number of nitrogens with zero attached hydrogens (tertiary/aromatic N) is 1. The average Bonchev–Trinajstić information content (AvgIpc) is 2.65. The minimum absolute atomic E-state index is 0.152. The van der Waals surface area contributed by atoms with Crippen molar-refractivity contribution in [3.05, 3.63) is 46.6 Å². The van der Waals surface area contributed by atoms with E-state index in [1.165, 1.54) is 11.5 Å². The molecule has 0 fully saturated rings. The Hall–Kier alpha value is -1.39. The van der Waals surface area contributed by atoms with E-state index < -0.39 is 0 Å². The third kappa shape index (κ3) is 2.59. The second kappa shape index (κ2) is 4.63. The second-order valence-electron chi connectivity index (χ2n) is 3.29. The summed E-state index contributed by atoms with van der Waals surface area (Å²) in [6.07, 6.45) is 0. The number of hydrogen-bond acceptors (Lipinski definition) is 3. The van der Waals surface area contributed by atoms with Crippen LogP contribution in [0, 0.1) is 6.92 Å². The van der Waals surface area contributed by atoms with Crippen molar-refractivity contribution in [3.8, 4) is 0 Å². The number of carbonyl (C=O) groups is 1. The van der Waals surface area contributed by atoms with E-state index in [1.54, 1.807) is 24.3 Å². The Morgan fingerprint density at radius 1 is 1.38 bits per heavy atom. The highest BCUT2D eigenvalue weighted by Gasteiger charge is 2.07. The number of carbonyl (C=O) groups excluding carboxylic acids is 1. The van der Waals surface area contributed by atoms with Gasteiger partial charge in [0.05, 0.1) is 5.69 Å². The number of hydrogen-bond donors (Lipinski definition) is 1. The van der Waals surface area contributed by atoms with E-state index in [9.17, 15) is 4.79 Å². The highest BCUT2D eigenvalue weighted by atomic mass is 35.5. The van der Waals surface area contributed by atoms with Crippen LogP contribution < -0.4 is 5.32 Å². The third-order valence-electron chi connectivity index (χ3n) is 1.97. The fourth-order valence-electron chi connectivity index (χ4n) is 1.21. The second-order valence-corrected chi connectivity index (χ2v) is 4.53. The van der Waals surface area contributed by atoms with Gasteiger partial charge in [0.15, 0.2) is 0 Å². The van der Waals surface area contributed by atoms with Crippen molar-refractivity contribution in [3.63, 3.8) is 0 Å². The molecule has 0 aliphatic carbocycles. The molecule has 2 aromatic rings. The zero-order valence-corrected chi connectivity index (χ0v) is 10.1. The first-order chi connectivity index (χ1) is 7.65. The monoisotopic (exact) mass is 252 g/mol. The van der Waals surface area contributed by atoms with Gasteiger partial charge in [0.1, 0.15) is 5.00 Å². The number of amides is 1. The molecule has 0 spiro atoms. The van der Waals surface area contributed by atoms with Gasteiger partial charge in [0, 0.05) is 10.6 Å². The molecule has 0 radical (unpaired) electrons. The topological polar surface area (TPSA) is 42.0 Å². The highest BCUT2D eigenvalue weighted by Crippen LogP contribution is 2.17. The molecule has 0 atom stereocenters. The lowest BCUT2D eigenvalue weighted by molar-refractivity contribution is 0.102. The Balaban J connectivity index is 2.11. The maximum atomic E-state index is 11.8. The van der Waals surface area contributed by atoms with Gasteiger partial charge < -0.3 is 5.32 Å². The van der Waals surface area contributed by atoms with E-state index >= 15 is 0 Å². The first kappa shape index (κ1) is 11.1. The van der Waals surface area contributed by atoms with E-state index in [0.29, 0.717) is 10.6 Å². The van der Waals surface area contributed by atoms with E-state index in [4.69, 9.17) is 11.6 Å². The molecule has 0 bridgehead atoms. The van der Waals surface area contributed by atoms with Crippen LogP contribution in [0.25, 0.3) is 0 Å². The van der Waals surface area contributed by atoms with Gasteiger partial charge in [-0.25, -0.2) is 0 Å². The van der Waals surface area contributed by atoms with Gasteiger partial charge in [0.2, 0.25) is 0 Å². The summed E-state index contributed by atoms with van der Waals surface area (Å²) in [5.74, 6) is -0.152. The average molecular weight is 253 g/mol. The van der Waals surface area contributed by atoms with Crippen molar-refractivity contribution in [1.29, 1.82) is 0 Å². The summed E-state index contributed by atoms with van der Waals surface area (Å²) in [6, 6.07) is 8.58. The quantitative estimate of drug-likeness (QED) is 0.891. The van der Waals surface area contributed by atoms with Crippen molar-refractivity contribution in [2.75, 3.05) is 5.32 Å². The van der Waals surface area contributed by atoms with Gasteiger partial charge in [-0.15, -0.1) is 0 Å². The summed E-state index contributed by atoms with van der Waals surface area (Å²) in [5.41, 5.74) is 1.48. The predicted octanol–water partition coefficient (Wildman–Crippen LogP) is 3.36. The summed E-state index contributed by atoms with van der Waals surface area (Å²) in [4.78, 5) is 11.8. The first-order valence-corrected chi connectivity index (χ1v) is 5.80. The molecule has 2 rings (SSSR count). The van der Waals surface area contributed by atoms with Crippen LogP contribution in [0.2, 0.25) is 5.02 Å². The van der Waals surface area contributed by atoms with Gasteiger partial charge in [-0.2, -0.15) is 4.37 Å². The van der Waals surface area contributed by atoms with Gasteiger partial charge in [0.25, 0.3) is 5.91 Å². The third-order valence-corrected chi connectivity index (χ3v) is 3.02. The van der Waals surface area contributed by atoms with Gasteiger partial charge in [-0.05, 0) is 48.8 Å². The molecular weight excluding hydrogens is 244 g/mol. The molecule has 1 N–H and O–H groups in total. The lowest BCUT2D eigenvalue weighted by Gasteiger charge is -2.01. The zero-order valence-electron chi connectivity index (χ0n) is 8.53. The molecule has 3 nitrogen and oxygen atoms in total. The Morgan fingerprint density at radius 3 is 2.62 bits per heavy atom. The molecule has 5 heteroatoms. The van der Waals surface area contributed by atoms with Crippen molar-refractivity contribution in [2.45, 2.75) is 6.92 Å². The Morgan fingerprint density at radius 2 is 2.06 bits per heavy atom. The molecule has 0 aliphatic heterocycles. The first-order valence-electron chi connectivity index (χ1n) is 4.65. The molecule has 0 aliphatic rings. The van der Waals surface area contributed by atoms with Crippen molar-refractivity contribution in [2.24, 2.45) is 0 Å². The van der Waals surface area contributed by atoms with Gasteiger partial charge in [-0.1, -0.05) is 11.6 Å². The number of aryl methyl sites for hydroxylation is 1. The van der Waals surface area contributed by atoms with Crippen molar-refractivity contribution in [1.82, 2.24) is 4.37 Å². The highest BCUT2D eigenvalue weighted by molar-refractivity contribution is 7.10. The van der Waals surface area contributed by atoms with Gasteiger partial charge in [-0.3, -0.25) is 4.79 Å². The maximum absolute atomic E-state index is 11.8. The fourth-order valence-corrected chi connectivity index (χ4v) is 1.99. The van der Waals surface area contributed by atoms with Crippen molar-refractivity contribution >= 4 is 34.0 Å². The summed E-state index contributed by atoms with van der Waals surface area (Å²) in [7, 11) is 0. The number of rotatable bonds is 2. The molecule has 1 amide bonds. The number of anilines is 1. The molecule has 1 heterocycles. The van der Waals surface area contributed by atoms with Crippen LogP contribution >= 0.6 is 23.1 Å². The Labute approximate surface area is 102 Å². The molecule has 1 aromatic carbocycles. The standard InChI is InChI=1S/C11H9ClN2OS/c1-7-6-10(16-14-7)13-11(15)8-2-4-9(12)5-3-8/h2-6H,1H3,(H,13,15). The summed E-state index contributed by atoms with van der Waals surface area (Å²) in [5, 5.41) is 4.14. The van der Waals surface area contributed by atoms with Crippen LogP contribution in [-0.4, -0.2) is 10.3 Å². The van der Waals surface area contributed by atoms with E-state index in [-0.39, 0.29) is 5.91 Å². The molecule has 0 saturated carbocycles. The van der Waals surface area contributed by atoms with E-state index in [2.05, 4.69) is 9.69 Å². The molecule has 0 saturated heterocycles. The smallest absolute Gasteiger partial charge is 0.256 e. The maximum Gasteiger partial charge on any atom is 0.256 e. The van der Waals surface area contributed by atoms with Crippen LogP contribution in [0.4, 0.5) is 5.00 Å². The molecular formula is C11H9ClN2OS. The normalized spacial score (nSPS) is 10.1. The molecule has 0 unspecified atom stereocenters. The van der Waals surface area contributed by atoms with E-state index in [0.717, 1.165) is 10.7 Å². The molecule has 82 valence electrons. The Bertz CT molecular complexity index is 507. The SMILES string of the molecule is Cc1cc(NC(=O)c2ccc(Cl)cc2)sn1. The number of benzene rings is 1. The largest absolute Gasteiger partial charge is 0.312 e. The minimum Gasteiger partial charge on any atom is -0.312 e. The van der Waals surface area contributed by atoms with Crippen LogP contribution in [0.15, 0.2) is 30.3 Å². The van der Waals surface area contributed by atoms with E-state index in [1.807, 2.05) is 13.0 Å². The van der Waals surface area contributed by atoms with Crippen LogP contribution in [0.3, 0.4) is 0 Å². The van der Waals surface area contributed by atoms with Crippen LogP contribution in [0.5, 0.6) is 0 Å². The fraction of sp³-hybridized carbons (Fsp3) is 0.0909. The number of aromatic nitrogens is 1. The number of nitrogens with one attached hydrogen (secondary N) is 1. The predicted molar refractivity (Wildman–Crippen MR) is 66.3 cm³/mol.